The molecule has 0 aromatic heterocycles. The van der Waals surface area contributed by atoms with Crippen molar-refractivity contribution in [1.82, 2.24) is 0 Å². The highest BCUT2D eigenvalue weighted by molar-refractivity contribution is 9.10. The average Bonchev–Trinajstić information content (AvgIpc) is 2.76. The zero-order chi connectivity index (χ0) is 22.4. The van der Waals surface area contributed by atoms with Crippen molar-refractivity contribution in [3.8, 4) is 17.2 Å². The maximum absolute atomic E-state index is 11.3. The molecule has 3 rings (SSSR count). The van der Waals surface area contributed by atoms with Gasteiger partial charge in [0.2, 0.25) is 0 Å². The molecule has 0 unspecified atom stereocenters. The molecule has 3 aromatic rings. The third-order valence-electron chi connectivity index (χ3n) is 4.73. The Hall–Kier alpha value is -3.19. The maximum atomic E-state index is 11.3. The molecule has 162 valence electrons. The summed E-state index contributed by atoms with van der Waals surface area (Å²) in [7, 11) is 3.14. The number of carbonyl (C=O) groups is 1. The molecule has 0 spiro atoms. The first-order valence-electron chi connectivity index (χ1n) is 9.61. The lowest BCUT2D eigenvalue weighted by molar-refractivity contribution is 0.0697. The average molecular weight is 486 g/mol. The van der Waals surface area contributed by atoms with Gasteiger partial charge in [-0.25, -0.2) is 4.79 Å². The molecule has 31 heavy (non-hydrogen) atoms. The SMILES string of the molecule is COc1ccc(C(=O)O)cc1NCc1cc(OC)c(OCc2cccc(C)c2)cc1Br. The maximum Gasteiger partial charge on any atom is 0.335 e. The van der Waals surface area contributed by atoms with Gasteiger partial charge in [0.15, 0.2) is 11.5 Å². The van der Waals surface area contributed by atoms with Crippen LogP contribution in [-0.2, 0) is 13.2 Å². The van der Waals surface area contributed by atoms with Gasteiger partial charge in [0, 0.05) is 11.0 Å². The number of hydrogen-bond donors (Lipinski definition) is 2. The van der Waals surface area contributed by atoms with Crippen LogP contribution in [0.2, 0.25) is 0 Å². The molecule has 0 saturated heterocycles. The second-order valence-electron chi connectivity index (χ2n) is 6.95. The summed E-state index contributed by atoms with van der Waals surface area (Å²) in [4.78, 5) is 11.3. The van der Waals surface area contributed by atoms with E-state index in [0.29, 0.717) is 36.1 Å². The Morgan fingerprint density at radius 2 is 1.77 bits per heavy atom. The molecule has 0 amide bonds. The van der Waals surface area contributed by atoms with Crippen molar-refractivity contribution in [2.75, 3.05) is 19.5 Å². The van der Waals surface area contributed by atoms with Gasteiger partial charge in [-0.15, -0.1) is 0 Å². The summed E-state index contributed by atoms with van der Waals surface area (Å²) in [6.07, 6.45) is 0. The molecule has 0 radical (unpaired) electrons. The number of benzene rings is 3. The number of rotatable bonds is 9. The summed E-state index contributed by atoms with van der Waals surface area (Å²) >= 11 is 3.59. The predicted molar refractivity (Wildman–Crippen MR) is 123 cm³/mol. The normalized spacial score (nSPS) is 10.5. The molecular weight excluding hydrogens is 462 g/mol. The van der Waals surface area contributed by atoms with Crippen molar-refractivity contribution in [2.24, 2.45) is 0 Å². The van der Waals surface area contributed by atoms with Crippen LogP contribution in [0.1, 0.15) is 27.0 Å². The van der Waals surface area contributed by atoms with E-state index in [9.17, 15) is 9.90 Å². The lowest BCUT2D eigenvalue weighted by atomic mass is 10.1. The fraction of sp³-hybridized carbons (Fsp3) is 0.208. The Balaban J connectivity index is 1.77. The highest BCUT2D eigenvalue weighted by Gasteiger charge is 2.13. The van der Waals surface area contributed by atoms with Gasteiger partial charge in [-0.05, 0) is 48.4 Å². The molecule has 7 heteroatoms. The molecule has 2 N–H and O–H groups in total. The van der Waals surface area contributed by atoms with Gasteiger partial charge >= 0.3 is 5.97 Å². The summed E-state index contributed by atoms with van der Waals surface area (Å²) in [5, 5.41) is 12.5. The van der Waals surface area contributed by atoms with E-state index in [1.807, 2.05) is 37.3 Å². The summed E-state index contributed by atoms with van der Waals surface area (Å²) < 4.78 is 17.7. The second-order valence-corrected chi connectivity index (χ2v) is 7.80. The van der Waals surface area contributed by atoms with Crippen molar-refractivity contribution in [3.05, 3.63) is 81.3 Å². The largest absolute Gasteiger partial charge is 0.495 e. The predicted octanol–water partition coefficient (Wildman–Crippen LogP) is 5.66. The van der Waals surface area contributed by atoms with E-state index in [0.717, 1.165) is 15.6 Å². The molecular formula is C24H24BrNO5. The van der Waals surface area contributed by atoms with Crippen molar-refractivity contribution in [1.29, 1.82) is 0 Å². The number of aromatic carboxylic acids is 1. The van der Waals surface area contributed by atoms with Gasteiger partial charge in [0.05, 0.1) is 25.5 Å². The van der Waals surface area contributed by atoms with Gasteiger partial charge in [0.1, 0.15) is 12.4 Å². The van der Waals surface area contributed by atoms with Crippen LogP contribution in [0, 0.1) is 6.92 Å². The van der Waals surface area contributed by atoms with E-state index in [4.69, 9.17) is 14.2 Å². The van der Waals surface area contributed by atoms with E-state index in [1.54, 1.807) is 26.4 Å². The number of methoxy groups -OCH3 is 2. The molecule has 0 fully saturated rings. The van der Waals surface area contributed by atoms with Crippen LogP contribution >= 0.6 is 15.9 Å². The van der Waals surface area contributed by atoms with Crippen LogP contribution in [0.4, 0.5) is 5.69 Å². The first kappa shape index (κ1) is 22.5. The molecule has 0 aliphatic rings. The molecule has 0 aliphatic carbocycles. The van der Waals surface area contributed by atoms with E-state index in [1.165, 1.54) is 11.6 Å². The number of anilines is 1. The van der Waals surface area contributed by atoms with Gasteiger partial charge in [-0.2, -0.15) is 0 Å². The highest BCUT2D eigenvalue weighted by atomic mass is 79.9. The number of ether oxygens (including phenoxy) is 3. The molecule has 0 atom stereocenters. The van der Waals surface area contributed by atoms with Gasteiger partial charge in [-0.3, -0.25) is 0 Å². The first-order chi connectivity index (χ1) is 14.9. The number of halogens is 1. The number of carboxylic acid groups (broad SMARTS) is 1. The van der Waals surface area contributed by atoms with Crippen LogP contribution < -0.4 is 19.5 Å². The Kier molecular flexibility index (Phi) is 7.41. The number of nitrogens with one attached hydrogen (secondary N) is 1. The van der Waals surface area contributed by atoms with E-state index < -0.39 is 5.97 Å². The van der Waals surface area contributed by atoms with Crippen LogP contribution in [0.25, 0.3) is 0 Å². The monoisotopic (exact) mass is 485 g/mol. The first-order valence-corrected chi connectivity index (χ1v) is 10.4. The highest BCUT2D eigenvalue weighted by Crippen LogP contribution is 2.35. The summed E-state index contributed by atoms with van der Waals surface area (Å²) in [5.41, 5.74) is 3.95. The Labute approximate surface area is 189 Å². The lowest BCUT2D eigenvalue weighted by Gasteiger charge is -2.16. The number of aryl methyl sites for hydroxylation is 1. The number of carboxylic acids is 1. The zero-order valence-corrected chi connectivity index (χ0v) is 19.2. The number of hydrogen-bond acceptors (Lipinski definition) is 5. The smallest absolute Gasteiger partial charge is 0.335 e. The second kappa shape index (κ2) is 10.2. The van der Waals surface area contributed by atoms with Crippen molar-refractivity contribution >= 4 is 27.6 Å². The summed E-state index contributed by atoms with van der Waals surface area (Å²) in [6, 6.07) is 16.6. The minimum atomic E-state index is -0.997. The van der Waals surface area contributed by atoms with Crippen molar-refractivity contribution < 1.29 is 24.1 Å². The van der Waals surface area contributed by atoms with E-state index >= 15 is 0 Å². The third-order valence-corrected chi connectivity index (χ3v) is 5.46. The van der Waals surface area contributed by atoms with Crippen LogP contribution in [0.3, 0.4) is 0 Å². The Morgan fingerprint density at radius 1 is 1.00 bits per heavy atom. The Morgan fingerprint density at radius 3 is 2.45 bits per heavy atom. The van der Waals surface area contributed by atoms with Gasteiger partial charge < -0.3 is 24.6 Å². The molecule has 0 heterocycles. The summed E-state index contributed by atoms with van der Waals surface area (Å²) in [5.74, 6) is 0.804. The van der Waals surface area contributed by atoms with Crippen LogP contribution in [0.5, 0.6) is 17.2 Å². The summed E-state index contributed by atoms with van der Waals surface area (Å²) in [6.45, 7) is 2.90. The quantitative estimate of drug-likeness (QED) is 0.406. The molecule has 0 aliphatic heterocycles. The molecule has 0 saturated carbocycles. The lowest BCUT2D eigenvalue weighted by Crippen LogP contribution is -2.05. The van der Waals surface area contributed by atoms with Gasteiger partial charge in [-0.1, -0.05) is 45.8 Å². The fourth-order valence-electron chi connectivity index (χ4n) is 3.12. The standard InChI is InChI=1S/C24H24BrNO5/c1-15-5-4-6-16(9-15)14-31-23-12-19(25)18(11-22(23)30-3)13-26-20-10-17(24(27)28)7-8-21(20)29-2/h4-12,26H,13-14H2,1-3H3,(H,27,28). The third kappa shape index (κ3) is 5.70. The van der Waals surface area contributed by atoms with Crippen LogP contribution in [0.15, 0.2) is 59.1 Å². The fourth-order valence-corrected chi connectivity index (χ4v) is 3.58. The van der Waals surface area contributed by atoms with E-state index in [2.05, 4.69) is 27.3 Å². The molecule has 6 nitrogen and oxygen atoms in total. The molecule has 0 bridgehead atoms. The van der Waals surface area contributed by atoms with Crippen molar-refractivity contribution in [3.63, 3.8) is 0 Å². The minimum Gasteiger partial charge on any atom is -0.495 e. The van der Waals surface area contributed by atoms with Gasteiger partial charge in [0.25, 0.3) is 0 Å². The topological polar surface area (TPSA) is 77.0 Å². The van der Waals surface area contributed by atoms with Crippen LogP contribution in [-0.4, -0.2) is 25.3 Å². The Bertz CT molecular complexity index is 1080. The minimum absolute atomic E-state index is 0.180. The molecule has 3 aromatic carbocycles. The zero-order valence-electron chi connectivity index (χ0n) is 17.6. The van der Waals surface area contributed by atoms with E-state index in [-0.39, 0.29) is 5.56 Å². The van der Waals surface area contributed by atoms with Crippen molar-refractivity contribution in [2.45, 2.75) is 20.1 Å².